The van der Waals surface area contributed by atoms with Crippen molar-refractivity contribution in [3.05, 3.63) is 51.3 Å². The molecule has 5 nitrogen and oxygen atoms in total. The number of aromatic amines is 1. The molecule has 0 atom stereocenters. The van der Waals surface area contributed by atoms with Crippen LogP contribution < -0.4 is 5.56 Å². The van der Waals surface area contributed by atoms with Crippen LogP contribution in [-0.4, -0.2) is 21.3 Å². The van der Waals surface area contributed by atoms with Gasteiger partial charge in [-0.2, -0.15) is 5.10 Å². The van der Waals surface area contributed by atoms with Crippen LogP contribution in [0, 0.1) is 0 Å². The summed E-state index contributed by atoms with van der Waals surface area (Å²) in [4.78, 5) is 22.4. The van der Waals surface area contributed by atoms with Crippen LogP contribution in [0.3, 0.4) is 0 Å². The minimum Gasteiger partial charge on any atom is -0.481 e. The molecule has 1 aromatic heterocycles. The highest BCUT2D eigenvalue weighted by Crippen LogP contribution is 2.26. The van der Waals surface area contributed by atoms with Gasteiger partial charge >= 0.3 is 5.97 Å². The Morgan fingerprint density at radius 2 is 1.95 bits per heavy atom. The molecule has 0 bridgehead atoms. The third kappa shape index (κ3) is 2.86. The lowest BCUT2D eigenvalue weighted by molar-refractivity contribution is -0.136. The van der Waals surface area contributed by atoms with Crippen molar-refractivity contribution in [3.8, 4) is 11.3 Å². The largest absolute Gasteiger partial charge is 0.481 e. The SMILES string of the molecule is O=C(O)Cc1cc(-c2ccc3c(c2)CCCC3)n[nH]c1=O. The summed E-state index contributed by atoms with van der Waals surface area (Å²) >= 11 is 0. The summed E-state index contributed by atoms with van der Waals surface area (Å²) in [5.74, 6) is -1.02. The van der Waals surface area contributed by atoms with E-state index in [-0.39, 0.29) is 12.0 Å². The second-order valence-electron chi connectivity index (χ2n) is 5.37. The number of nitrogens with one attached hydrogen (secondary N) is 1. The molecule has 0 spiro atoms. The zero-order valence-electron chi connectivity index (χ0n) is 11.6. The predicted molar refractivity (Wildman–Crippen MR) is 78.3 cm³/mol. The first-order valence-corrected chi connectivity index (χ1v) is 7.06. The van der Waals surface area contributed by atoms with Gasteiger partial charge < -0.3 is 5.11 Å². The summed E-state index contributed by atoms with van der Waals surface area (Å²) in [7, 11) is 0. The number of fused-ring (bicyclic) bond motifs is 1. The molecule has 0 saturated carbocycles. The first kappa shape index (κ1) is 13.5. The normalized spacial score (nSPS) is 13.7. The quantitative estimate of drug-likeness (QED) is 0.902. The van der Waals surface area contributed by atoms with Crippen LogP contribution in [0.5, 0.6) is 0 Å². The van der Waals surface area contributed by atoms with Gasteiger partial charge in [-0.05, 0) is 48.9 Å². The molecule has 2 aromatic rings. The number of aromatic nitrogens is 2. The summed E-state index contributed by atoms with van der Waals surface area (Å²) in [5.41, 5.74) is 4.01. The summed E-state index contributed by atoms with van der Waals surface area (Å²) in [6.45, 7) is 0. The molecule has 1 aliphatic rings. The van der Waals surface area contributed by atoms with Crippen LogP contribution in [0.15, 0.2) is 29.1 Å². The number of aliphatic carboxylic acids is 1. The Bertz CT molecular complexity index is 749. The summed E-state index contributed by atoms with van der Waals surface area (Å²) in [6.07, 6.45) is 4.30. The van der Waals surface area contributed by atoms with Crippen molar-refractivity contribution in [1.29, 1.82) is 0 Å². The van der Waals surface area contributed by atoms with E-state index in [0.29, 0.717) is 5.69 Å². The number of rotatable bonds is 3. The van der Waals surface area contributed by atoms with Gasteiger partial charge in [0.25, 0.3) is 5.56 Å². The van der Waals surface area contributed by atoms with E-state index >= 15 is 0 Å². The van der Waals surface area contributed by atoms with Crippen LogP contribution >= 0.6 is 0 Å². The fourth-order valence-electron chi connectivity index (χ4n) is 2.78. The Balaban J connectivity index is 2.00. The minimum absolute atomic E-state index is 0.227. The van der Waals surface area contributed by atoms with E-state index in [2.05, 4.69) is 22.3 Å². The summed E-state index contributed by atoms with van der Waals surface area (Å²) in [5, 5.41) is 15.3. The zero-order chi connectivity index (χ0) is 14.8. The van der Waals surface area contributed by atoms with Crippen LogP contribution in [0.2, 0.25) is 0 Å². The molecule has 3 rings (SSSR count). The number of carbonyl (C=O) groups is 1. The fraction of sp³-hybridized carbons (Fsp3) is 0.312. The second kappa shape index (κ2) is 5.52. The molecule has 0 saturated heterocycles. The molecule has 2 N–H and O–H groups in total. The van der Waals surface area contributed by atoms with Gasteiger partial charge in [0.1, 0.15) is 0 Å². The highest BCUT2D eigenvalue weighted by molar-refractivity contribution is 5.71. The third-order valence-electron chi connectivity index (χ3n) is 3.87. The van der Waals surface area contributed by atoms with Gasteiger partial charge in [-0.15, -0.1) is 0 Å². The highest BCUT2D eigenvalue weighted by Gasteiger charge is 2.12. The van der Waals surface area contributed by atoms with Crippen molar-refractivity contribution >= 4 is 5.97 Å². The van der Waals surface area contributed by atoms with E-state index in [1.54, 1.807) is 6.07 Å². The predicted octanol–water partition coefficient (Wildman–Crippen LogP) is 1.94. The van der Waals surface area contributed by atoms with Crippen molar-refractivity contribution in [1.82, 2.24) is 10.2 Å². The van der Waals surface area contributed by atoms with Gasteiger partial charge in [0.2, 0.25) is 0 Å². The van der Waals surface area contributed by atoms with Gasteiger partial charge in [0.15, 0.2) is 0 Å². The lowest BCUT2D eigenvalue weighted by atomic mass is 9.90. The Kier molecular flexibility index (Phi) is 3.56. The lowest BCUT2D eigenvalue weighted by Crippen LogP contribution is -2.17. The second-order valence-corrected chi connectivity index (χ2v) is 5.37. The maximum atomic E-state index is 11.6. The van der Waals surface area contributed by atoms with Crippen molar-refractivity contribution in [2.24, 2.45) is 0 Å². The number of hydrogen-bond donors (Lipinski definition) is 2. The number of aryl methyl sites for hydroxylation is 2. The van der Waals surface area contributed by atoms with Crippen LogP contribution in [0.1, 0.15) is 29.5 Å². The van der Waals surface area contributed by atoms with E-state index < -0.39 is 11.5 Å². The molecule has 1 aliphatic carbocycles. The maximum absolute atomic E-state index is 11.6. The number of carboxylic acids is 1. The summed E-state index contributed by atoms with van der Waals surface area (Å²) < 4.78 is 0. The first-order valence-electron chi connectivity index (χ1n) is 7.06. The number of nitrogens with zero attached hydrogens (tertiary/aromatic N) is 1. The number of hydrogen-bond acceptors (Lipinski definition) is 3. The first-order chi connectivity index (χ1) is 10.1. The van der Waals surface area contributed by atoms with E-state index in [0.717, 1.165) is 18.4 Å². The molecule has 0 amide bonds. The molecular formula is C16H16N2O3. The number of H-pyrrole nitrogens is 1. The van der Waals surface area contributed by atoms with Gasteiger partial charge in [-0.25, -0.2) is 5.10 Å². The maximum Gasteiger partial charge on any atom is 0.308 e. The van der Waals surface area contributed by atoms with Gasteiger partial charge in [0, 0.05) is 11.1 Å². The van der Waals surface area contributed by atoms with Gasteiger partial charge in [0.05, 0.1) is 12.1 Å². The van der Waals surface area contributed by atoms with Crippen molar-refractivity contribution in [2.75, 3.05) is 0 Å². The average Bonchev–Trinajstić information content (AvgIpc) is 2.48. The Morgan fingerprint density at radius 1 is 1.19 bits per heavy atom. The molecule has 0 fully saturated rings. The minimum atomic E-state index is -1.02. The monoisotopic (exact) mass is 284 g/mol. The molecule has 0 radical (unpaired) electrons. The molecule has 21 heavy (non-hydrogen) atoms. The Labute approximate surface area is 121 Å². The Hall–Kier alpha value is -2.43. The fourth-order valence-corrected chi connectivity index (χ4v) is 2.78. The number of benzene rings is 1. The van der Waals surface area contributed by atoms with Crippen LogP contribution in [0.25, 0.3) is 11.3 Å². The number of carboxylic acid groups (broad SMARTS) is 1. The molecular weight excluding hydrogens is 268 g/mol. The van der Waals surface area contributed by atoms with Gasteiger partial charge in [-0.3, -0.25) is 9.59 Å². The average molecular weight is 284 g/mol. The van der Waals surface area contributed by atoms with Crippen molar-refractivity contribution in [2.45, 2.75) is 32.1 Å². The van der Waals surface area contributed by atoms with Crippen molar-refractivity contribution in [3.63, 3.8) is 0 Å². The topological polar surface area (TPSA) is 83.0 Å². The molecule has 5 heteroatoms. The zero-order valence-corrected chi connectivity index (χ0v) is 11.6. The molecule has 108 valence electrons. The van der Waals surface area contributed by atoms with E-state index in [1.165, 1.54) is 24.0 Å². The summed E-state index contributed by atoms with van der Waals surface area (Å²) in [6, 6.07) is 7.75. The molecule has 1 aromatic carbocycles. The standard InChI is InChI=1S/C16H16N2O3/c19-15(20)9-13-8-14(17-18-16(13)21)12-6-5-10-3-1-2-4-11(10)7-12/h5-8H,1-4,9H2,(H,18,21)(H,19,20). The molecule has 0 unspecified atom stereocenters. The van der Waals surface area contributed by atoms with E-state index in [1.807, 2.05) is 6.07 Å². The van der Waals surface area contributed by atoms with Gasteiger partial charge in [-0.1, -0.05) is 12.1 Å². The molecule has 1 heterocycles. The lowest BCUT2D eigenvalue weighted by Gasteiger charge is -2.16. The van der Waals surface area contributed by atoms with Crippen molar-refractivity contribution < 1.29 is 9.90 Å². The van der Waals surface area contributed by atoms with Crippen LogP contribution in [0.4, 0.5) is 0 Å². The Morgan fingerprint density at radius 3 is 2.71 bits per heavy atom. The van der Waals surface area contributed by atoms with E-state index in [4.69, 9.17) is 5.11 Å². The smallest absolute Gasteiger partial charge is 0.308 e. The molecule has 0 aliphatic heterocycles. The van der Waals surface area contributed by atoms with E-state index in [9.17, 15) is 9.59 Å². The highest BCUT2D eigenvalue weighted by atomic mass is 16.4. The van der Waals surface area contributed by atoms with Crippen LogP contribution in [-0.2, 0) is 24.1 Å². The third-order valence-corrected chi connectivity index (χ3v) is 3.87.